The second kappa shape index (κ2) is 11.2. The predicted molar refractivity (Wildman–Crippen MR) is 134 cm³/mol. The second-order valence-electron chi connectivity index (χ2n) is 8.70. The number of amides is 2. The van der Waals surface area contributed by atoms with E-state index in [4.69, 9.17) is 14.7 Å². The summed E-state index contributed by atoms with van der Waals surface area (Å²) >= 11 is 0. The Morgan fingerprint density at radius 2 is 2.06 bits per heavy atom. The summed E-state index contributed by atoms with van der Waals surface area (Å²) in [6.45, 7) is 7.70. The fraction of sp³-hybridized carbons (Fsp3) is 0.423. The van der Waals surface area contributed by atoms with Gasteiger partial charge in [-0.1, -0.05) is 6.07 Å². The van der Waals surface area contributed by atoms with E-state index in [0.717, 1.165) is 47.6 Å². The van der Waals surface area contributed by atoms with Crippen LogP contribution in [-0.2, 0) is 4.74 Å². The number of nitriles is 1. The first kappa shape index (κ1) is 24.5. The summed E-state index contributed by atoms with van der Waals surface area (Å²) in [5.41, 5.74) is 5.30. The van der Waals surface area contributed by atoms with Crippen molar-refractivity contribution in [2.45, 2.75) is 20.3 Å². The molecule has 0 saturated carbocycles. The quantitative estimate of drug-likeness (QED) is 0.614. The summed E-state index contributed by atoms with van der Waals surface area (Å²) in [5.74, 6) is 1.23. The number of urea groups is 1. The largest absolute Gasteiger partial charge is 0.475 e. The van der Waals surface area contributed by atoms with E-state index in [-0.39, 0.29) is 19.2 Å². The van der Waals surface area contributed by atoms with Crippen LogP contribution in [0.15, 0.2) is 41.5 Å². The molecule has 9 heteroatoms. The third-order valence-corrected chi connectivity index (χ3v) is 6.31. The lowest BCUT2D eigenvalue weighted by Crippen LogP contribution is -2.36. The highest BCUT2D eigenvalue weighted by Gasteiger charge is 2.23. The molecule has 184 valence electrons. The molecule has 0 atom stereocenters. The maximum atomic E-state index is 12.9. The monoisotopic (exact) mass is 477 g/mol. The van der Waals surface area contributed by atoms with Gasteiger partial charge < -0.3 is 29.7 Å². The van der Waals surface area contributed by atoms with Gasteiger partial charge in [0.05, 0.1) is 25.9 Å². The van der Waals surface area contributed by atoms with Crippen LogP contribution >= 0.6 is 0 Å². The smallest absolute Gasteiger partial charge is 0.322 e. The molecule has 0 radical (unpaired) electrons. The molecular formula is C26H31N5O4. The molecule has 0 spiro atoms. The Bertz CT molecular complexity index is 1150. The van der Waals surface area contributed by atoms with E-state index in [1.165, 1.54) is 0 Å². The molecule has 35 heavy (non-hydrogen) atoms. The van der Waals surface area contributed by atoms with E-state index < -0.39 is 0 Å². The number of allylic oxidation sites excluding steroid dienone is 1. The minimum Gasteiger partial charge on any atom is -0.475 e. The van der Waals surface area contributed by atoms with E-state index in [1.54, 1.807) is 11.8 Å². The minimum atomic E-state index is -0.184. The molecule has 2 amide bonds. The van der Waals surface area contributed by atoms with Crippen LogP contribution in [0.2, 0.25) is 0 Å². The number of carbonyl (C=O) groups is 1. The van der Waals surface area contributed by atoms with Gasteiger partial charge in [0.1, 0.15) is 12.4 Å². The third-order valence-electron chi connectivity index (χ3n) is 6.31. The summed E-state index contributed by atoms with van der Waals surface area (Å²) in [4.78, 5) is 21.4. The van der Waals surface area contributed by atoms with Crippen LogP contribution in [-0.4, -0.2) is 73.6 Å². The van der Waals surface area contributed by atoms with Gasteiger partial charge in [0.2, 0.25) is 5.88 Å². The summed E-state index contributed by atoms with van der Waals surface area (Å²) < 4.78 is 11.1. The zero-order chi connectivity index (χ0) is 24.8. The highest BCUT2D eigenvalue weighted by atomic mass is 16.5. The minimum absolute atomic E-state index is 0.0966. The molecule has 0 aliphatic carbocycles. The molecule has 2 aliphatic rings. The number of aliphatic hydroxyl groups is 1. The van der Waals surface area contributed by atoms with E-state index in [9.17, 15) is 9.90 Å². The molecule has 1 aromatic carbocycles. The van der Waals surface area contributed by atoms with E-state index >= 15 is 0 Å². The Morgan fingerprint density at radius 1 is 1.26 bits per heavy atom. The zero-order valence-corrected chi connectivity index (χ0v) is 20.2. The van der Waals surface area contributed by atoms with Gasteiger partial charge in [-0.15, -0.1) is 0 Å². The van der Waals surface area contributed by atoms with E-state index in [0.29, 0.717) is 43.4 Å². The Kier molecular flexibility index (Phi) is 7.85. The normalized spacial score (nSPS) is 17.2. The molecule has 0 bridgehead atoms. The molecule has 3 heterocycles. The number of anilines is 2. The van der Waals surface area contributed by atoms with Crippen LogP contribution < -0.4 is 15.0 Å². The number of benzene rings is 1. The van der Waals surface area contributed by atoms with Crippen LogP contribution in [0.1, 0.15) is 18.9 Å². The van der Waals surface area contributed by atoms with Crippen molar-refractivity contribution >= 4 is 17.5 Å². The number of aliphatic hydroxyl groups excluding tert-OH is 1. The first-order chi connectivity index (χ1) is 17.0. The number of likely N-dealkylation sites (tertiary alicyclic amines) is 1. The maximum absolute atomic E-state index is 12.9. The topological polar surface area (TPSA) is 111 Å². The fourth-order valence-corrected chi connectivity index (χ4v) is 4.26. The number of nitrogens with one attached hydrogen (secondary N) is 1. The predicted octanol–water partition coefficient (Wildman–Crippen LogP) is 3.34. The van der Waals surface area contributed by atoms with Gasteiger partial charge in [-0.25, -0.2) is 4.79 Å². The van der Waals surface area contributed by atoms with Crippen molar-refractivity contribution in [3.05, 3.63) is 47.0 Å². The van der Waals surface area contributed by atoms with E-state index in [1.807, 2.05) is 37.3 Å². The number of morpholine rings is 1. The van der Waals surface area contributed by atoms with Crippen LogP contribution in [0.25, 0.3) is 11.1 Å². The second-order valence-corrected chi connectivity index (χ2v) is 8.70. The fourth-order valence-electron chi connectivity index (χ4n) is 4.26. The van der Waals surface area contributed by atoms with Gasteiger partial charge >= 0.3 is 6.03 Å². The first-order valence-electron chi connectivity index (χ1n) is 11.8. The molecule has 2 aromatic rings. The van der Waals surface area contributed by atoms with Crippen molar-refractivity contribution in [3.8, 4) is 23.1 Å². The number of hydrogen-bond donors (Lipinski definition) is 2. The van der Waals surface area contributed by atoms with Crippen LogP contribution in [0.4, 0.5) is 16.3 Å². The first-order valence-corrected chi connectivity index (χ1v) is 11.8. The van der Waals surface area contributed by atoms with Gasteiger partial charge in [-0.05, 0) is 60.7 Å². The maximum Gasteiger partial charge on any atom is 0.322 e. The van der Waals surface area contributed by atoms with Gasteiger partial charge in [-0.2, -0.15) is 10.2 Å². The van der Waals surface area contributed by atoms with Gasteiger partial charge in [0.25, 0.3) is 0 Å². The van der Waals surface area contributed by atoms with Crippen molar-refractivity contribution in [1.82, 2.24) is 9.88 Å². The summed E-state index contributed by atoms with van der Waals surface area (Å²) in [7, 11) is 0. The van der Waals surface area contributed by atoms with Crippen molar-refractivity contribution in [2.75, 3.05) is 62.8 Å². The number of nitrogens with zero attached hydrogens (tertiary/aromatic N) is 4. The van der Waals surface area contributed by atoms with Crippen molar-refractivity contribution in [1.29, 1.82) is 5.26 Å². The van der Waals surface area contributed by atoms with E-state index in [2.05, 4.69) is 21.3 Å². The summed E-state index contributed by atoms with van der Waals surface area (Å²) in [6, 6.07) is 11.7. The highest BCUT2D eigenvalue weighted by Crippen LogP contribution is 2.32. The Labute approximate surface area is 205 Å². The summed E-state index contributed by atoms with van der Waals surface area (Å²) in [5, 5.41) is 21.3. The lowest BCUT2D eigenvalue weighted by Gasteiger charge is -2.28. The number of ether oxygens (including phenoxy) is 2. The SMILES string of the molecule is C/C(C#N)=C1/CCN(C(=O)Nc2ccc(C)c(-c3cc(OCCO)nc(N4CCOCC4)c3)c2)C1. The average molecular weight is 478 g/mol. The van der Waals surface area contributed by atoms with Crippen molar-refractivity contribution < 1.29 is 19.4 Å². The number of aromatic nitrogens is 1. The van der Waals surface area contributed by atoms with Crippen molar-refractivity contribution in [3.63, 3.8) is 0 Å². The Morgan fingerprint density at radius 3 is 2.80 bits per heavy atom. The number of aryl methyl sites for hydroxylation is 1. The molecule has 9 nitrogen and oxygen atoms in total. The number of rotatable bonds is 6. The zero-order valence-electron chi connectivity index (χ0n) is 20.2. The van der Waals surface area contributed by atoms with Gasteiger partial charge in [0, 0.05) is 43.5 Å². The molecule has 2 fully saturated rings. The summed E-state index contributed by atoms with van der Waals surface area (Å²) in [6.07, 6.45) is 0.726. The van der Waals surface area contributed by atoms with Crippen molar-refractivity contribution in [2.24, 2.45) is 0 Å². The number of pyridine rings is 1. The molecule has 2 N–H and O–H groups in total. The van der Waals surface area contributed by atoms with Crippen LogP contribution in [0.5, 0.6) is 5.88 Å². The standard InChI is InChI=1S/C26H31N5O4/c1-18-3-4-22(28-26(33)31-6-5-20(17-31)19(2)16-27)15-23(18)21-13-24(30-7-10-34-11-8-30)29-25(14-21)35-12-9-32/h3-4,13-15,32H,5-12,17H2,1-2H3,(H,28,33)/b20-19+. The lowest BCUT2D eigenvalue weighted by atomic mass is 10.0. The van der Waals surface area contributed by atoms with Gasteiger partial charge in [-0.3, -0.25) is 0 Å². The Balaban J connectivity index is 1.59. The Hall–Kier alpha value is -3.61. The van der Waals surface area contributed by atoms with Crippen LogP contribution in [0.3, 0.4) is 0 Å². The molecule has 2 aliphatic heterocycles. The lowest BCUT2D eigenvalue weighted by molar-refractivity contribution is 0.122. The molecule has 2 saturated heterocycles. The molecule has 1 aromatic heterocycles. The highest BCUT2D eigenvalue weighted by molar-refractivity contribution is 5.91. The van der Waals surface area contributed by atoms with Gasteiger partial charge in [0.15, 0.2) is 0 Å². The molecular weight excluding hydrogens is 446 g/mol. The molecule has 4 rings (SSSR count). The average Bonchev–Trinajstić information content (AvgIpc) is 3.39. The third kappa shape index (κ3) is 5.91. The number of hydrogen-bond acceptors (Lipinski definition) is 7. The van der Waals surface area contributed by atoms with Crippen LogP contribution in [0, 0.1) is 18.3 Å². The molecule has 0 unspecified atom stereocenters. The number of carbonyl (C=O) groups excluding carboxylic acids is 1.